The molecule has 0 aromatic carbocycles. The fraction of sp³-hybridized carbons (Fsp3) is 0.524. The maximum atomic E-state index is 9.25. The first-order valence-electron chi connectivity index (χ1n) is 9.66. The van der Waals surface area contributed by atoms with Crippen LogP contribution >= 0.6 is 23.2 Å². The molecule has 0 amide bonds. The van der Waals surface area contributed by atoms with Gasteiger partial charge >= 0.3 is 0 Å². The Hall–Kier alpha value is -1.36. The molecule has 142 valence electrons. The fourth-order valence-electron chi connectivity index (χ4n) is 4.98. The summed E-state index contributed by atoms with van der Waals surface area (Å²) in [5.41, 5.74) is 2.91. The van der Waals surface area contributed by atoms with E-state index in [2.05, 4.69) is 22.3 Å². The van der Waals surface area contributed by atoms with Gasteiger partial charge in [0.1, 0.15) is 11.5 Å². The molecule has 0 bridgehead atoms. The Labute approximate surface area is 168 Å². The Bertz CT molecular complexity index is 869. The second-order valence-electron chi connectivity index (χ2n) is 8.55. The molecule has 0 atom stereocenters. The van der Waals surface area contributed by atoms with Gasteiger partial charge in [0.2, 0.25) is 0 Å². The lowest BCUT2D eigenvalue weighted by Crippen LogP contribution is -2.47. The quantitative estimate of drug-likeness (QED) is 0.690. The van der Waals surface area contributed by atoms with Crippen LogP contribution in [-0.4, -0.2) is 21.9 Å². The molecule has 5 rings (SSSR count). The monoisotopic (exact) mass is 404 g/mol. The van der Waals surface area contributed by atoms with Gasteiger partial charge in [-0.1, -0.05) is 40.5 Å². The first-order chi connectivity index (χ1) is 13.1. The normalized spacial score (nSPS) is 29.9. The van der Waals surface area contributed by atoms with Crippen molar-refractivity contribution in [2.24, 2.45) is 17.3 Å². The van der Waals surface area contributed by atoms with Crippen LogP contribution in [0.25, 0.3) is 17.3 Å². The summed E-state index contributed by atoms with van der Waals surface area (Å²) in [6.07, 6.45) is 14.7. The number of allylic oxidation sites excluding steroid dienone is 1. The van der Waals surface area contributed by atoms with E-state index in [0.717, 1.165) is 24.2 Å². The molecule has 2 heterocycles. The summed E-state index contributed by atoms with van der Waals surface area (Å²) >= 11 is 12.7. The smallest absolute Gasteiger partial charge is 0.147 e. The van der Waals surface area contributed by atoms with Crippen molar-refractivity contribution >= 4 is 29.3 Å². The van der Waals surface area contributed by atoms with Crippen molar-refractivity contribution in [2.75, 3.05) is 6.61 Å². The van der Waals surface area contributed by atoms with Gasteiger partial charge in [0.05, 0.1) is 10.0 Å². The summed E-state index contributed by atoms with van der Waals surface area (Å²) in [5, 5.41) is 14.5. The molecule has 3 saturated carbocycles. The van der Waals surface area contributed by atoms with Crippen LogP contribution in [0.4, 0.5) is 0 Å². The summed E-state index contributed by atoms with van der Waals surface area (Å²) in [5.74, 6) is 2.51. The van der Waals surface area contributed by atoms with Crippen molar-refractivity contribution in [1.82, 2.24) is 10.1 Å². The van der Waals surface area contributed by atoms with E-state index in [-0.39, 0.29) is 0 Å². The van der Waals surface area contributed by atoms with Crippen molar-refractivity contribution in [3.8, 4) is 11.3 Å². The maximum Gasteiger partial charge on any atom is 0.147 e. The number of rotatable bonds is 5. The highest BCUT2D eigenvalue weighted by Crippen LogP contribution is 2.61. The largest absolute Gasteiger partial charge is 0.396 e. The molecule has 0 saturated heterocycles. The van der Waals surface area contributed by atoms with Crippen molar-refractivity contribution in [1.29, 1.82) is 0 Å². The number of hydrogen-bond acceptors (Lipinski definition) is 4. The summed E-state index contributed by atoms with van der Waals surface area (Å²) in [6, 6.07) is 0. The van der Waals surface area contributed by atoms with Gasteiger partial charge in [0.15, 0.2) is 0 Å². The van der Waals surface area contributed by atoms with Gasteiger partial charge in [-0.05, 0) is 55.8 Å². The summed E-state index contributed by atoms with van der Waals surface area (Å²) < 4.78 is 5.70. The van der Waals surface area contributed by atoms with E-state index in [9.17, 15) is 5.11 Å². The zero-order chi connectivity index (χ0) is 18.6. The highest BCUT2D eigenvalue weighted by molar-refractivity contribution is 6.39. The van der Waals surface area contributed by atoms with Gasteiger partial charge in [-0.2, -0.15) is 0 Å². The van der Waals surface area contributed by atoms with E-state index in [1.165, 1.54) is 25.7 Å². The second kappa shape index (κ2) is 6.61. The van der Waals surface area contributed by atoms with Crippen LogP contribution in [0.1, 0.15) is 55.8 Å². The lowest BCUT2D eigenvalue weighted by atomic mass is 9.48. The second-order valence-corrected chi connectivity index (χ2v) is 9.36. The van der Waals surface area contributed by atoms with Gasteiger partial charge in [0, 0.05) is 36.0 Å². The van der Waals surface area contributed by atoms with Crippen molar-refractivity contribution < 1.29 is 9.63 Å². The predicted octanol–water partition coefficient (Wildman–Crippen LogP) is 5.73. The molecule has 0 unspecified atom stereocenters. The molecule has 1 spiro atoms. The zero-order valence-electron chi connectivity index (χ0n) is 15.0. The van der Waals surface area contributed by atoms with E-state index in [1.54, 1.807) is 12.4 Å². The van der Waals surface area contributed by atoms with E-state index < -0.39 is 0 Å². The lowest BCUT2D eigenvalue weighted by Gasteiger charge is -2.57. The fourth-order valence-corrected chi connectivity index (χ4v) is 5.52. The van der Waals surface area contributed by atoms with Gasteiger partial charge < -0.3 is 9.63 Å². The van der Waals surface area contributed by atoms with Gasteiger partial charge in [-0.25, -0.2) is 0 Å². The molecule has 4 nitrogen and oxygen atoms in total. The number of halogens is 2. The third-order valence-corrected chi connectivity index (χ3v) is 6.99. The number of hydrogen-bond donors (Lipinski definition) is 1. The summed E-state index contributed by atoms with van der Waals surface area (Å²) in [4.78, 5) is 4.04. The molecule has 27 heavy (non-hydrogen) atoms. The molecule has 3 fully saturated rings. The average molecular weight is 405 g/mol. The molecular weight excluding hydrogens is 383 g/mol. The Balaban J connectivity index is 1.40. The van der Waals surface area contributed by atoms with E-state index in [4.69, 9.17) is 27.7 Å². The number of nitrogens with zero attached hydrogens (tertiary/aromatic N) is 2. The SMILES string of the molecule is OCC1CC2(CC(/C=C/c3c(-c4c(Cl)cncc4Cl)noc3C3CC3)C2)C1. The van der Waals surface area contributed by atoms with Crippen LogP contribution in [0.3, 0.4) is 0 Å². The van der Waals surface area contributed by atoms with Crippen LogP contribution in [-0.2, 0) is 0 Å². The van der Waals surface area contributed by atoms with Crippen molar-refractivity contribution in [3.05, 3.63) is 39.8 Å². The molecule has 0 radical (unpaired) electrons. The topological polar surface area (TPSA) is 59.2 Å². The first-order valence-corrected chi connectivity index (χ1v) is 10.4. The molecule has 3 aliphatic carbocycles. The number of aliphatic hydroxyl groups excluding tert-OH is 1. The first kappa shape index (κ1) is 17.7. The van der Waals surface area contributed by atoms with Gasteiger partial charge in [-0.15, -0.1) is 0 Å². The van der Waals surface area contributed by atoms with Crippen LogP contribution < -0.4 is 0 Å². The van der Waals surface area contributed by atoms with Crippen molar-refractivity contribution in [3.63, 3.8) is 0 Å². The molecule has 6 heteroatoms. The lowest BCUT2D eigenvalue weighted by molar-refractivity contribution is -0.0692. The number of pyridine rings is 1. The molecule has 1 N–H and O–H groups in total. The Morgan fingerprint density at radius 1 is 1.15 bits per heavy atom. The van der Waals surface area contributed by atoms with Crippen LogP contribution in [0.2, 0.25) is 10.0 Å². The van der Waals surface area contributed by atoms with Crippen LogP contribution in [0.15, 0.2) is 23.0 Å². The van der Waals surface area contributed by atoms with Crippen molar-refractivity contribution in [2.45, 2.75) is 44.4 Å². The molecule has 3 aliphatic rings. The maximum absolute atomic E-state index is 9.25. The highest BCUT2D eigenvalue weighted by atomic mass is 35.5. The highest BCUT2D eigenvalue weighted by Gasteiger charge is 2.51. The third-order valence-electron chi connectivity index (χ3n) is 6.42. The van der Waals surface area contributed by atoms with Crippen LogP contribution in [0, 0.1) is 17.3 Å². The predicted molar refractivity (Wildman–Crippen MR) is 106 cm³/mol. The van der Waals surface area contributed by atoms with E-state index in [1.807, 2.05) is 0 Å². The molecular formula is C21H22Cl2N2O2. The molecule has 2 aromatic rings. The number of aliphatic hydroxyl groups is 1. The summed E-state index contributed by atoms with van der Waals surface area (Å²) in [7, 11) is 0. The molecule has 0 aliphatic heterocycles. The van der Waals surface area contributed by atoms with Gasteiger partial charge in [0.25, 0.3) is 0 Å². The Morgan fingerprint density at radius 2 is 1.85 bits per heavy atom. The zero-order valence-corrected chi connectivity index (χ0v) is 16.5. The minimum Gasteiger partial charge on any atom is -0.396 e. The van der Waals surface area contributed by atoms with Gasteiger partial charge in [-0.3, -0.25) is 4.98 Å². The third kappa shape index (κ3) is 3.12. The van der Waals surface area contributed by atoms with Crippen LogP contribution in [0.5, 0.6) is 0 Å². The Morgan fingerprint density at radius 3 is 2.48 bits per heavy atom. The average Bonchev–Trinajstić information content (AvgIpc) is 3.34. The van der Waals surface area contributed by atoms with E-state index >= 15 is 0 Å². The Kier molecular flexibility index (Phi) is 4.34. The number of aromatic nitrogens is 2. The standard InChI is InChI=1S/C21H22Cl2N2O2/c22-16-9-24-10-17(23)18(16)19-15(20(27-25-19)14-2-3-14)4-1-12-5-21(6-12)7-13(8-21)11-26/h1,4,9-10,12-14,26H,2-3,5-8,11H2/b4-1+. The van der Waals surface area contributed by atoms with E-state index in [0.29, 0.717) is 51.1 Å². The minimum absolute atomic E-state index is 0.338. The molecule has 2 aromatic heterocycles. The minimum atomic E-state index is 0.338. The summed E-state index contributed by atoms with van der Waals surface area (Å²) in [6.45, 7) is 0.338.